The van der Waals surface area contributed by atoms with Crippen LogP contribution in [0.25, 0.3) is 11.5 Å². The maximum atomic E-state index is 13.9. The van der Waals surface area contributed by atoms with Gasteiger partial charge in [0.2, 0.25) is 5.91 Å². The van der Waals surface area contributed by atoms with E-state index in [0.717, 1.165) is 17.4 Å². The van der Waals surface area contributed by atoms with E-state index in [2.05, 4.69) is 20.4 Å². The van der Waals surface area contributed by atoms with Crippen LogP contribution in [0.3, 0.4) is 0 Å². The van der Waals surface area contributed by atoms with Crippen LogP contribution in [0.5, 0.6) is 0 Å². The molecule has 8 nitrogen and oxygen atoms in total. The van der Waals surface area contributed by atoms with Crippen LogP contribution in [-0.4, -0.2) is 58.8 Å². The van der Waals surface area contributed by atoms with Gasteiger partial charge in [0.05, 0.1) is 11.3 Å². The van der Waals surface area contributed by atoms with Gasteiger partial charge in [-0.1, -0.05) is 30.0 Å². The molecule has 194 valence electrons. The molecule has 1 aliphatic heterocycles. The van der Waals surface area contributed by atoms with Crippen molar-refractivity contribution in [3.8, 4) is 11.5 Å². The molecule has 0 radical (unpaired) electrons. The fraction of sp³-hybridized carbons (Fsp3) is 0.185. The lowest BCUT2D eigenvalue weighted by Crippen LogP contribution is -2.48. The summed E-state index contributed by atoms with van der Waals surface area (Å²) in [4.78, 5) is 28.9. The Morgan fingerprint density at radius 3 is 2.42 bits per heavy atom. The van der Waals surface area contributed by atoms with Crippen LogP contribution >= 0.6 is 11.8 Å². The van der Waals surface area contributed by atoms with Gasteiger partial charge in [-0.15, -0.1) is 10.2 Å². The molecule has 4 aromatic rings. The second kappa shape index (κ2) is 11.4. The third-order valence-corrected chi connectivity index (χ3v) is 6.81. The molecule has 11 heteroatoms. The number of halogens is 2. The predicted octanol–water partition coefficient (Wildman–Crippen LogP) is 4.71. The molecule has 0 unspecified atom stereocenters. The molecule has 1 aromatic heterocycles. The predicted molar refractivity (Wildman–Crippen MR) is 140 cm³/mol. The normalized spacial score (nSPS) is 13.4. The lowest BCUT2D eigenvalue weighted by atomic mass is 10.1. The Morgan fingerprint density at radius 2 is 1.68 bits per heavy atom. The Morgan fingerprint density at radius 1 is 0.921 bits per heavy atom. The van der Waals surface area contributed by atoms with E-state index in [9.17, 15) is 18.4 Å². The van der Waals surface area contributed by atoms with Gasteiger partial charge in [0.25, 0.3) is 17.0 Å². The Hall–Kier alpha value is -4.25. The van der Waals surface area contributed by atoms with Gasteiger partial charge in [0.15, 0.2) is 0 Å². The van der Waals surface area contributed by atoms with Gasteiger partial charge in [0.1, 0.15) is 11.6 Å². The first-order valence-corrected chi connectivity index (χ1v) is 12.9. The Kier molecular flexibility index (Phi) is 7.64. The summed E-state index contributed by atoms with van der Waals surface area (Å²) >= 11 is 1.06. The zero-order chi connectivity index (χ0) is 26.5. The summed E-state index contributed by atoms with van der Waals surface area (Å²) in [5.41, 5.74) is 2.16. The highest BCUT2D eigenvalue weighted by atomic mass is 32.2. The number of carbonyl (C=O) groups excluding carboxylic acids is 2. The van der Waals surface area contributed by atoms with Crippen LogP contribution in [0.2, 0.25) is 0 Å². The van der Waals surface area contributed by atoms with E-state index in [0.29, 0.717) is 37.4 Å². The first kappa shape index (κ1) is 25.4. The molecule has 5 rings (SSSR count). The Labute approximate surface area is 221 Å². The van der Waals surface area contributed by atoms with Crippen LogP contribution in [0.15, 0.2) is 82.4 Å². The standard InChI is InChI=1S/C27H23F2N5O3S/c28-19-5-3-4-18(16-19)26(36)34-14-12-33(13-15-34)21-10-8-20(9-11-21)30-24(35)17-38-27-32-31-25(37-27)22-6-1-2-7-23(22)29/h1-11,16H,12-15,17H2,(H,30,35). The summed E-state index contributed by atoms with van der Waals surface area (Å²) in [7, 11) is 0. The van der Waals surface area contributed by atoms with Gasteiger partial charge in [-0.2, -0.15) is 0 Å². The highest BCUT2D eigenvalue weighted by molar-refractivity contribution is 7.99. The van der Waals surface area contributed by atoms with Crippen LogP contribution < -0.4 is 10.2 Å². The zero-order valence-corrected chi connectivity index (χ0v) is 21.0. The van der Waals surface area contributed by atoms with Crippen molar-refractivity contribution < 1.29 is 22.8 Å². The number of anilines is 2. The Bertz CT molecular complexity index is 1440. The fourth-order valence-corrected chi connectivity index (χ4v) is 4.63. The smallest absolute Gasteiger partial charge is 0.277 e. The number of nitrogens with one attached hydrogen (secondary N) is 1. The van der Waals surface area contributed by atoms with Gasteiger partial charge < -0.3 is 19.5 Å². The minimum atomic E-state index is -0.465. The molecule has 0 atom stereocenters. The van der Waals surface area contributed by atoms with Crippen LogP contribution in [0, 0.1) is 11.6 Å². The summed E-state index contributed by atoms with van der Waals surface area (Å²) in [5, 5.41) is 10.7. The number of hydrogen-bond acceptors (Lipinski definition) is 7. The highest BCUT2D eigenvalue weighted by Gasteiger charge is 2.22. The molecule has 3 aromatic carbocycles. The second-order valence-corrected chi connectivity index (χ2v) is 9.45. The molecule has 0 saturated carbocycles. The summed E-state index contributed by atoms with van der Waals surface area (Å²) in [6.45, 7) is 2.34. The van der Waals surface area contributed by atoms with Crippen molar-refractivity contribution in [2.45, 2.75) is 5.22 Å². The average Bonchev–Trinajstić information content (AvgIpc) is 3.41. The zero-order valence-electron chi connectivity index (χ0n) is 20.1. The van der Waals surface area contributed by atoms with Gasteiger partial charge in [-0.25, -0.2) is 8.78 Å². The maximum Gasteiger partial charge on any atom is 0.277 e. The van der Waals surface area contributed by atoms with E-state index < -0.39 is 11.6 Å². The number of aromatic nitrogens is 2. The van der Waals surface area contributed by atoms with E-state index in [4.69, 9.17) is 4.42 Å². The molecular formula is C27H23F2N5O3S. The van der Waals surface area contributed by atoms with E-state index in [-0.39, 0.29) is 34.2 Å². The molecule has 1 fully saturated rings. The third-order valence-electron chi connectivity index (χ3n) is 5.99. The van der Waals surface area contributed by atoms with Crippen molar-refractivity contribution in [2.24, 2.45) is 0 Å². The largest absolute Gasteiger partial charge is 0.411 e. The van der Waals surface area contributed by atoms with E-state index in [1.54, 1.807) is 29.2 Å². The van der Waals surface area contributed by atoms with Crippen LogP contribution in [0.4, 0.5) is 20.2 Å². The number of hydrogen-bond donors (Lipinski definition) is 1. The van der Waals surface area contributed by atoms with Crippen molar-refractivity contribution >= 4 is 35.0 Å². The molecule has 0 bridgehead atoms. The van der Waals surface area contributed by atoms with Crippen molar-refractivity contribution in [1.82, 2.24) is 15.1 Å². The van der Waals surface area contributed by atoms with Crippen molar-refractivity contribution in [1.29, 1.82) is 0 Å². The topological polar surface area (TPSA) is 91.6 Å². The molecule has 0 spiro atoms. The van der Waals surface area contributed by atoms with Gasteiger partial charge >= 0.3 is 0 Å². The number of rotatable bonds is 7. The SMILES string of the molecule is O=C(CSc1nnc(-c2ccccc2F)o1)Nc1ccc(N2CCN(C(=O)c3cccc(F)c3)CC2)cc1. The van der Waals surface area contributed by atoms with Gasteiger partial charge in [0, 0.05) is 43.1 Å². The molecular weight excluding hydrogens is 512 g/mol. The minimum Gasteiger partial charge on any atom is -0.411 e. The molecule has 38 heavy (non-hydrogen) atoms. The first-order valence-electron chi connectivity index (χ1n) is 11.9. The van der Waals surface area contributed by atoms with Crippen LogP contribution in [0.1, 0.15) is 10.4 Å². The number of thioether (sulfide) groups is 1. The number of nitrogens with zero attached hydrogens (tertiary/aromatic N) is 4. The maximum absolute atomic E-state index is 13.9. The molecule has 2 heterocycles. The van der Waals surface area contributed by atoms with Gasteiger partial charge in [-0.05, 0) is 54.6 Å². The summed E-state index contributed by atoms with van der Waals surface area (Å²) in [6.07, 6.45) is 0. The lowest BCUT2D eigenvalue weighted by molar-refractivity contribution is -0.113. The number of benzene rings is 3. The number of carbonyl (C=O) groups is 2. The average molecular weight is 536 g/mol. The minimum absolute atomic E-state index is 0.0436. The monoisotopic (exact) mass is 535 g/mol. The fourth-order valence-electron chi connectivity index (χ4n) is 4.06. The summed E-state index contributed by atoms with van der Waals surface area (Å²) in [5.74, 6) is -1.22. The Balaban J connectivity index is 1.09. The van der Waals surface area contributed by atoms with Crippen molar-refractivity contribution in [3.05, 3.63) is 90.0 Å². The van der Waals surface area contributed by atoms with E-state index in [1.807, 2.05) is 24.3 Å². The summed E-state index contributed by atoms with van der Waals surface area (Å²) < 4.78 is 32.8. The molecule has 1 saturated heterocycles. The summed E-state index contributed by atoms with van der Waals surface area (Å²) in [6, 6.07) is 19.3. The molecule has 2 amide bonds. The third kappa shape index (κ3) is 6.00. The van der Waals surface area contributed by atoms with Crippen molar-refractivity contribution in [3.63, 3.8) is 0 Å². The molecule has 0 aliphatic carbocycles. The van der Waals surface area contributed by atoms with Gasteiger partial charge in [-0.3, -0.25) is 9.59 Å². The number of amides is 2. The number of piperazine rings is 1. The highest BCUT2D eigenvalue weighted by Crippen LogP contribution is 2.25. The van der Waals surface area contributed by atoms with E-state index in [1.165, 1.54) is 24.3 Å². The molecule has 1 aliphatic rings. The lowest BCUT2D eigenvalue weighted by Gasteiger charge is -2.36. The van der Waals surface area contributed by atoms with Crippen LogP contribution in [-0.2, 0) is 4.79 Å². The van der Waals surface area contributed by atoms with E-state index >= 15 is 0 Å². The van der Waals surface area contributed by atoms with Crippen molar-refractivity contribution in [2.75, 3.05) is 42.1 Å². The first-order chi connectivity index (χ1) is 18.5. The second-order valence-electron chi connectivity index (χ2n) is 8.53. The quantitative estimate of drug-likeness (QED) is 0.343. The molecule has 1 N–H and O–H groups in total.